The molecule has 30 heavy (non-hydrogen) atoms. The smallest absolute Gasteiger partial charge is 0.263 e. The van der Waals surface area contributed by atoms with E-state index in [4.69, 9.17) is 5.21 Å². The molecule has 1 heterocycles. The van der Waals surface area contributed by atoms with Gasteiger partial charge in [-0.25, -0.2) is 13.9 Å². The summed E-state index contributed by atoms with van der Waals surface area (Å²) >= 11 is 0. The minimum Gasteiger partial charge on any atom is -0.289 e. The molecule has 0 aliphatic carbocycles. The predicted octanol–water partition coefficient (Wildman–Crippen LogP) is 3.61. The maximum atomic E-state index is 12.9. The van der Waals surface area contributed by atoms with Gasteiger partial charge in [-0.2, -0.15) is 4.31 Å². The summed E-state index contributed by atoms with van der Waals surface area (Å²) in [4.78, 5) is 11.9. The van der Waals surface area contributed by atoms with E-state index in [2.05, 4.69) is 30.8 Å². The third-order valence-electron chi connectivity index (χ3n) is 5.19. The van der Waals surface area contributed by atoms with Crippen molar-refractivity contribution in [2.75, 3.05) is 13.1 Å². The highest BCUT2D eigenvalue weighted by Gasteiger charge is 2.37. The summed E-state index contributed by atoms with van der Waals surface area (Å²) in [6.07, 6.45) is 2.39. The van der Waals surface area contributed by atoms with Crippen LogP contribution in [0, 0.1) is 0 Å². The summed E-state index contributed by atoms with van der Waals surface area (Å²) in [5.74, 6) is -0.940. The van der Waals surface area contributed by atoms with Gasteiger partial charge >= 0.3 is 0 Å². The summed E-state index contributed by atoms with van der Waals surface area (Å²) in [5.41, 5.74) is 6.42. The average Bonchev–Trinajstić information content (AvgIpc) is 2.77. The Balaban J connectivity index is 1.75. The molecule has 3 rings (SSSR count). The van der Waals surface area contributed by atoms with E-state index in [-0.39, 0.29) is 19.5 Å². The SMILES string of the molecule is C=C(C)C[C@H](C(=O)NO)S(=O)(=O)N1CC=C(c2ccc(-c3ccccc3)cc2)CC1. The fourth-order valence-corrected chi connectivity index (χ4v) is 5.36. The molecular weight excluding hydrogens is 400 g/mol. The van der Waals surface area contributed by atoms with E-state index in [9.17, 15) is 13.2 Å². The molecule has 2 N–H and O–H groups in total. The molecule has 0 spiro atoms. The van der Waals surface area contributed by atoms with Crippen LogP contribution < -0.4 is 5.48 Å². The first-order valence-electron chi connectivity index (χ1n) is 9.75. The molecule has 6 nitrogen and oxygen atoms in total. The number of carbonyl (C=O) groups is 1. The van der Waals surface area contributed by atoms with Gasteiger partial charge in [0.15, 0.2) is 5.25 Å². The van der Waals surface area contributed by atoms with Gasteiger partial charge in [-0.3, -0.25) is 10.0 Å². The van der Waals surface area contributed by atoms with Crippen molar-refractivity contribution in [3.8, 4) is 11.1 Å². The largest absolute Gasteiger partial charge is 0.289 e. The van der Waals surface area contributed by atoms with Crippen LogP contribution in [0.15, 0.2) is 72.8 Å². The van der Waals surface area contributed by atoms with Crippen LogP contribution in [0.4, 0.5) is 0 Å². The predicted molar refractivity (Wildman–Crippen MR) is 118 cm³/mol. The Kier molecular flexibility index (Phi) is 6.87. The van der Waals surface area contributed by atoms with Crippen molar-refractivity contribution >= 4 is 21.5 Å². The van der Waals surface area contributed by atoms with Gasteiger partial charge < -0.3 is 0 Å². The quantitative estimate of drug-likeness (QED) is 0.402. The summed E-state index contributed by atoms with van der Waals surface area (Å²) in [6, 6.07) is 18.3. The fourth-order valence-electron chi connectivity index (χ4n) is 3.55. The Morgan fingerprint density at radius 2 is 1.70 bits per heavy atom. The zero-order valence-corrected chi connectivity index (χ0v) is 17.7. The number of allylic oxidation sites excluding steroid dienone is 1. The standard InChI is InChI=1S/C23H26N2O4S/c1-17(2)16-22(23(26)24-27)30(28,29)25-14-12-21(13-15-25)20-10-8-19(9-11-20)18-6-4-3-5-7-18/h3-12,22,27H,1,13-16H2,2H3,(H,24,26)/t22-/m1/s1. The minimum absolute atomic E-state index is 0.0389. The molecule has 7 heteroatoms. The zero-order chi connectivity index (χ0) is 21.7. The molecule has 2 aromatic rings. The van der Waals surface area contributed by atoms with Gasteiger partial charge in [0.25, 0.3) is 5.91 Å². The zero-order valence-electron chi connectivity index (χ0n) is 16.9. The van der Waals surface area contributed by atoms with Crippen LogP contribution in [0.1, 0.15) is 25.3 Å². The van der Waals surface area contributed by atoms with Gasteiger partial charge in [-0.05, 0) is 42.0 Å². The van der Waals surface area contributed by atoms with E-state index >= 15 is 0 Å². The molecule has 0 saturated heterocycles. The number of hydrogen-bond acceptors (Lipinski definition) is 4. The normalized spacial score (nSPS) is 15.9. The van der Waals surface area contributed by atoms with E-state index in [0.29, 0.717) is 12.0 Å². The lowest BCUT2D eigenvalue weighted by Crippen LogP contribution is -2.47. The number of nitrogens with zero attached hydrogens (tertiary/aromatic N) is 1. The van der Waals surface area contributed by atoms with Crippen molar-refractivity contribution in [3.63, 3.8) is 0 Å². The molecule has 158 valence electrons. The Morgan fingerprint density at radius 3 is 2.23 bits per heavy atom. The summed E-state index contributed by atoms with van der Waals surface area (Å²) < 4.78 is 27.2. The maximum absolute atomic E-state index is 12.9. The molecule has 0 radical (unpaired) electrons. The lowest BCUT2D eigenvalue weighted by Gasteiger charge is -2.29. The Hall–Kier alpha value is -2.74. The number of rotatable bonds is 7. The van der Waals surface area contributed by atoms with Crippen LogP contribution >= 0.6 is 0 Å². The lowest BCUT2D eigenvalue weighted by atomic mass is 9.97. The number of hydrogen-bond donors (Lipinski definition) is 2. The summed E-state index contributed by atoms with van der Waals surface area (Å²) in [7, 11) is -3.92. The molecule has 2 aromatic carbocycles. The van der Waals surface area contributed by atoms with E-state index < -0.39 is 21.2 Å². The monoisotopic (exact) mass is 426 g/mol. The van der Waals surface area contributed by atoms with Crippen LogP contribution in [0.2, 0.25) is 0 Å². The number of hydroxylamine groups is 1. The summed E-state index contributed by atoms with van der Waals surface area (Å²) in [6.45, 7) is 5.81. The first-order chi connectivity index (χ1) is 14.3. The third-order valence-corrected chi connectivity index (χ3v) is 7.34. The van der Waals surface area contributed by atoms with Crippen molar-refractivity contribution in [1.82, 2.24) is 9.79 Å². The molecule has 1 amide bonds. The molecule has 1 atom stereocenters. The number of amides is 1. The Morgan fingerprint density at radius 1 is 1.10 bits per heavy atom. The number of benzene rings is 2. The molecule has 0 bridgehead atoms. The van der Waals surface area contributed by atoms with E-state index in [0.717, 1.165) is 22.3 Å². The second kappa shape index (κ2) is 9.38. The van der Waals surface area contributed by atoms with Crippen molar-refractivity contribution in [2.24, 2.45) is 0 Å². The maximum Gasteiger partial charge on any atom is 0.263 e. The van der Waals surface area contributed by atoms with E-state index in [1.54, 1.807) is 6.92 Å². The van der Waals surface area contributed by atoms with Crippen molar-refractivity contribution in [3.05, 3.63) is 78.4 Å². The molecule has 0 saturated carbocycles. The lowest BCUT2D eigenvalue weighted by molar-refractivity contribution is -0.128. The minimum atomic E-state index is -3.92. The first kappa shape index (κ1) is 22.0. The highest BCUT2D eigenvalue weighted by atomic mass is 32.2. The van der Waals surface area contributed by atoms with Gasteiger partial charge in [0.2, 0.25) is 10.0 Å². The van der Waals surface area contributed by atoms with Crippen LogP contribution in [-0.4, -0.2) is 42.2 Å². The highest BCUT2D eigenvalue weighted by Crippen LogP contribution is 2.28. The first-order valence-corrected chi connectivity index (χ1v) is 11.3. The number of carbonyl (C=O) groups excluding carboxylic acids is 1. The topological polar surface area (TPSA) is 86.7 Å². The van der Waals surface area contributed by atoms with Gasteiger partial charge in [0, 0.05) is 13.1 Å². The van der Waals surface area contributed by atoms with Gasteiger partial charge in [-0.15, -0.1) is 6.58 Å². The van der Waals surface area contributed by atoms with E-state index in [1.807, 2.05) is 36.4 Å². The molecule has 0 fully saturated rings. The van der Waals surface area contributed by atoms with Gasteiger partial charge in [0.1, 0.15) is 0 Å². The van der Waals surface area contributed by atoms with Crippen LogP contribution in [0.25, 0.3) is 16.7 Å². The molecular formula is C23H26N2O4S. The van der Waals surface area contributed by atoms with E-state index in [1.165, 1.54) is 9.79 Å². The number of nitrogens with one attached hydrogen (secondary N) is 1. The van der Waals surface area contributed by atoms with Crippen molar-refractivity contribution in [2.45, 2.75) is 25.0 Å². The number of sulfonamides is 1. The van der Waals surface area contributed by atoms with Gasteiger partial charge in [0.05, 0.1) is 0 Å². The average molecular weight is 427 g/mol. The van der Waals surface area contributed by atoms with Crippen LogP contribution in [0.5, 0.6) is 0 Å². The van der Waals surface area contributed by atoms with Crippen molar-refractivity contribution in [1.29, 1.82) is 0 Å². The molecule has 1 aliphatic heterocycles. The molecule has 0 unspecified atom stereocenters. The van der Waals surface area contributed by atoms with Crippen molar-refractivity contribution < 1.29 is 18.4 Å². The van der Waals surface area contributed by atoms with Gasteiger partial charge in [-0.1, -0.05) is 66.2 Å². The fraction of sp³-hybridized carbons (Fsp3) is 0.261. The molecule has 0 aromatic heterocycles. The van der Waals surface area contributed by atoms with Crippen LogP contribution in [-0.2, 0) is 14.8 Å². The second-order valence-electron chi connectivity index (χ2n) is 7.45. The summed E-state index contributed by atoms with van der Waals surface area (Å²) in [5, 5.41) is 7.56. The Bertz CT molecular complexity index is 1040. The molecule has 1 aliphatic rings. The van der Waals surface area contributed by atoms with Crippen LogP contribution in [0.3, 0.4) is 0 Å². The third kappa shape index (κ3) is 4.87. The highest BCUT2D eigenvalue weighted by molar-refractivity contribution is 7.90. The second-order valence-corrected chi connectivity index (χ2v) is 9.57. The Labute approximate surface area is 177 Å².